The predicted octanol–water partition coefficient (Wildman–Crippen LogP) is 0.838. The highest BCUT2D eigenvalue weighted by Gasteiger charge is 2.14. The zero-order valence-corrected chi connectivity index (χ0v) is 10.3. The van der Waals surface area contributed by atoms with Gasteiger partial charge in [0.1, 0.15) is 4.60 Å². The third kappa shape index (κ3) is 3.62. The molecule has 1 atom stereocenters. The first-order valence-electron chi connectivity index (χ1n) is 4.70. The lowest BCUT2D eigenvalue weighted by Crippen LogP contribution is -2.35. The molecule has 0 saturated heterocycles. The number of rotatable bonds is 4. The van der Waals surface area contributed by atoms with E-state index in [0.717, 1.165) is 0 Å². The van der Waals surface area contributed by atoms with E-state index in [2.05, 4.69) is 26.2 Å². The van der Waals surface area contributed by atoms with Crippen molar-refractivity contribution < 1.29 is 9.59 Å². The van der Waals surface area contributed by atoms with Crippen molar-refractivity contribution in [1.29, 1.82) is 0 Å². The van der Waals surface area contributed by atoms with Crippen LogP contribution < -0.4 is 11.1 Å². The number of pyridine rings is 1. The number of nitrogens with zero attached hydrogens (tertiary/aromatic N) is 1. The monoisotopic (exact) mass is 285 g/mol. The third-order valence-electron chi connectivity index (χ3n) is 1.89. The molecule has 1 unspecified atom stereocenters. The molecular weight excluding hydrogens is 274 g/mol. The van der Waals surface area contributed by atoms with Crippen molar-refractivity contribution in [3.8, 4) is 0 Å². The Morgan fingerprint density at radius 2 is 2.31 bits per heavy atom. The maximum Gasteiger partial charge on any atom is 0.254 e. The average Bonchev–Trinajstić information content (AvgIpc) is 2.16. The summed E-state index contributed by atoms with van der Waals surface area (Å²) in [5.74, 6) is -0.730. The van der Waals surface area contributed by atoms with E-state index < -0.39 is 5.91 Å². The molecule has 1 aromatic rings. The smallest absolute Gasteiger partial charge is 0.254 e. The molecule has 0 spiro atoms. The summed E-state index contributed by atoms with van der Waals surface area (Å²) in [5.41, 5.74) is 5.46. The van der Waals surface area contributed by atoms with Gasteiger partial charge < -0.3 is 11.1 Å². The highest BCUT2D eigenvalue weighted by atomic mass is 79.9. The number of halogens is 1. The van der Waals surface area contributed by atoms with E-state index in [4.69, 9.17) is 5.73 Å². The van der Waals surface area contributed by atoms with Crippen LogP contribution in [0.4, 0.5) is 0 Å². The summed E-state index contributed by atoms with van der Waals surface area (Å²) < 4.78 is 0.471. The number of hydrogen-bond donors (Lipinski definition) is 2. The molecule has 0 radical (unpaired) electrons. The van der Waals surface area contributed by atoms with Gasteiger partial charge in [-0.25, -0.2) is 4.98 Å². The van der Waals surface area contributed by atoms with Crippen LogP contribution in [0, 0.1) is 0 Å². The SMILES string of the molecule is CC(CC(N)=O)NC(=O)c1cccnc1Br. The molecule has 0 aliphatic rings. The molecule has 0 bridgehead atoms. The van der Waals surface area contributed by atoms with Gasteiger partial charge in [-0.2, -0.15) is 0 Å². The van der Waals surface area contributed by atoms with Crippen molar-refractivity contribution in [1.82, 2.24) is 10.3 Å². The minimum Gasteiger partial charge on any atom is -0.370 e. The number of primary amides is 1. The van der Waals surface area contributed by atoms with Crippen molar-refractivity contribution in [3.05, 3.63) is 28.5 Å². The highest BCUT2D eigenvalue weighted by molar-refractivity contribution is 9.10. The molecule has 0 aliphatic carbocycles. The highest BCUT2D eigenvalue weighted by Crippen LogP contribution is 2.12. The zero-order valence-electron chi connectivity index (χ0n) is 8.74. The van der Waals surface area contributed by atoms with Crippen LogP contribution in [-0.2, 0) is 4.79 Å². The van der Waals surface area contributed by atoms with Gasteiger partial charge in [0.15, 0.2) is 0 Å². The third-order valence-corrected chi connectivity index (χ3v) is 2.52. The zero-order chi connectivity index (χ0) is 12.1. The largest absolute Gasteiger partial charge is 0.370 e. The van der Waals surface area contributed by atoms with E-state index in [0.29, 0.717) is 10.2 Å². The fourth-order valence-corrected chi connectivity index (χ4v) is 1.64. The Labute approximate surface area is 102 Å². The second-order valence-electron chi connectivity index (χ2n) is 3.39. The van der Waals surface area contributed by atoms with E-state index in [9.17, 15) is 9.59 Å². The van der Waals surface area contributed by atoms with E-state index in [-0.39, 0.29) is 18.4 Å². The van der Waals surface area contributed by atoms with E-state index in [1.54, 1.807) is 25.3 Å². The van der Waals surface area contributed by atoms with Gasteiger partial charge in [0.25, 0.3) is 5.91 Å². The van der Waals surface area contributed by atoms with Crippen LogP contribution in [0.3, 0.4) is 0 Å². The Kier molecular flexibility index (Phi) is 4.42. The van der Waals surface area contributed by atoms with Gasteiger partial charge >= 0.3 is 0 Å². The second kappa shape index (κ2) is 5.60. The number of amides is 2. The van der Waals surface area contributed by atoms with Gasteiger partial charge in [0.05, 0.1) is 5.56 Å². The molecule has 5 nitrogen and oxygen atoms in total. The number of hydrogen-bond acceptors (Lipinski definition) is 3. The molecule has 1 aromatic heterocycles. The first kappa shape index (κ1) is 12.6. The molecule has 86 valence electrons. The maximum atomic E-state index is 11.7. The minimum atomic E-state index is -0.446. The number of carbonyl (C=O) groups excluding carboxylic acids is 2. The Balaban J connectivity index is 2.66. The summed E-state index contributed by atoms with van der Waals surface area (Å²) in [6.45, 7) is 1.72. The minimum absolute atomic E-state index is 0.115. The summed E-state index contributed by atoms with van der Waals surface area (Å²) in [6, 6.07) is 3.01. The molecule has 6 heteroatoms. The molecule has 0 aliphatic heterocycles. The molecule has 0 fully saturated rings. The lowest BCUT2D eigenvalue weighted by atomic mass is 10.2. The Hall–Kier alpha value is -1.43. The van der Waals surface area contributed by atoms with Crippen LogP contribution in [0.25, 0.3) is 0 Å². The van der Waals surface area contributed by atoms with Crippen LogP contribution in [0.15, 0.2) is 22.9 Å². The predicted molar refractivity (Wildman–Crippen MR) is 62.7 cm³/mol. The molecular formula is C10H12BrN3O2. The molecule has 16 heavy (non-hydrogen) atoms. The summed E-state index contributed by atoms with van der Waals surface area (Å²) in [6.07, 6.45) is 1.69. The fraction of sp³-hybridized carbons (Fsp3) is 0.300. The topological polar surface area (TPSA) is 85.1 Å². The fourth-order valence-electron chi connectivity index (χ4n) is 1.21. The summed E-state index contributed by atoms with van der Waals surface area (Å²) in [4.78, 5) is 26.3. The Morgan fingerprint density at radius 3 is 2.88 bits per heavy atom. The van der Waals surface area contributed by atoms with Crippen molar-refractivity contribution in [3.63, 3.8) is 0 Å². The summed E-state index contributed by atoms with van der Waals surface area (Å²) >= 11 is 3.17. The van der Waals surface area contributed by atoms with E-state index >= 15 is 0 Å². The lowest BCUT2D eigenvalue weighted by molar-refractivity contribution is -0.118. The normalized spacial score (nSPS) is 11.9. The Morgan fingerprint density at radius 1 is 1.62 bits per heavy atom. The number of nitrogens with two attached hydrogens (primary N) is 1. The number of nitrogens with one attached hydrogen (secondary N) is 1. The first-order valence-corrected chi connectivity index (χ1v) is 5.49. The van der Waals surface area contributed by atoms with Crippen LogP contribution >= 0.6 is 15.9 Å². The van der Waals surface area contributed by atoms with Crippen molar-refractivity contribution >= 4 is 27.7 Å². The van der Waals surface area contributed by atoms with Gasteiger partial charge in [-0.05, 0) is 35.0 Å². The standard InChI is InChI=1S/C10H12BrN3O2/c1-6(5-8(12)15)14-10(16)7-3-2-4-13-9(7)11/h2-4,6H,5H2,1H3,(H2,12,15)(H,14,16). The van der Waals surface area contributed by atoms with Crippen molar-refractivity contribution in [2.45, 2.75) is 19.4 Å². The van der Waals surface area contributed by atoms with Gasteiger partial charge in [0, 0.05) is 18.7 Å². The van der Waals surface area contributed by atoms with E-state index in [1.807, 2.05) is 0 Å². The van der Waals surface area contributed by atoms with E-state index in [1.165, 1.54) is 0 Å². The van der Waals surface area contributed by atoms with Crippen LogP contribution in [0.2, 0.25) is 0 Å². The molecule has 1 heterocycles. The molecule has 0 saturated carbocycles. The summed E-state index contributed by atoms with van der Waals surface area (Å²) in [5, 5.41) is 2.66. The molecule has 0 aromatic carbocycles. The number of aromatic nitrogens is 1. The van der Waals surface area contributed by atoms with Crippen LogP contribution in [-0.4, -0.2) is 22.8 Å². The van der Waals surface area contributed by atoms with Gasteiger partial charge in [-0.3, -0.25) is 9.59 Å². The van der Waals surface area contributed by atoms with Crippen molar-refractivity contribution in [2.24, 2.45) is 5.73 Å². The van der Waals surface area contributed by atoms with Crippen LogP contribution in [0.1, 0.15) is 23.7 Å². The van der Waals surface area contributed by atoms with Gasteiger partial charge in [-0.1, -0.05) is 0 Å². The number of carbonyl (C=O) groups is 2. The molecule has 1 rings (SSSR count). The lowest BCUT2D eigenvalue weighted by Gasteiger charge is -2.12. The second-order valence-corrected chi connectivity index (χ2v) is 4.14. The molecule has 2 amide bonds. The van der Waals surface area contributed by atoms with Gasteiger partial charge in [0.2, 0.25) is 5.91 Å². The molecule has 3 N–H and O–H groups in total. The quantitative estimate of drug-likeness (QED) is 0.804. The van der Waals surface area contributed by atoms with Gasteiger partial charge in [-0.15, -0.1) is 0 Å². The summed E-state index contributed by atoms with van der Waals surface area (Å²) in [7, 11) is 0. The van der Waals surface area contributed by atoms with Crippen LogP contribution in [0.5, 0.6) is 0 Å². The Bertz CT molecular complexity index is 409. The average molecular weight is 286 g/mol. The maximum absolute atomic E-state index is 11.7. The first-order chi connectivity index (χ1) is 7.50. The van der Waals surface area contributed by atoms with Crippen molar-refractivity contribution in [2.75, 3.05) is 0 Å².